The average molecular weight is 463 g/mol. The first-order chi connectivity index (χ1) is 11.3. The summed E-state index contributed by atoms with van der Waals surface area (Å²) in [7, 11) is 2.24. The molecule has 122 valence electrons. The van der Waals surface area contributed by atoms with Gasteiger partial charge >= 0.3 is 0 Å². The lowest BCUT2D eigenvalue weighted by Gasteiger charge is -2.24. The molecule has 4 rings (SSSR count). The Hall–Kier alpha value is -0.950. The maximum atomic E-state index is 2.48. The first-order valence-corrected chi connectivity index (χ1v) is 9.68. The third-order valence-electron chi connectivity index (χ3n) is 3.89. The van der Waals surface area contributed by atoms with Crippen LogP contribution in [0.15, 0.2) is 98.4 Å². The number of rotatable bonds is 3. The molecule has 4 heteroatoms. The summed E-state index contributed by atoms with van der Waals surface area (Å²) >= 11 is 1.86. The molecule has 0 saturated heterocycles. The zero-order valence-corrected chi connectivity index (χ0v) is 17.1. The average Bonchev–Trinajstić information content (AvgIpc) is 2.60. The Balaban J connectivity index is 0.00000169. The topological polar surface area (TPSA) is 3.24 Å². The van der Waals surface area contributed by atoms with Crippen molar-refractivity contribution < 1.29 is 24.0 Å². The number of hydrogen-bond donors (Lipinski definition) is 0. The van der Waals surface area contributed by atoms with Crippen molar-refractivity contribution >= 4 is 22.8 Å². The molecule has 0 aromatic heterocycles. The molecule has 24 heavy (non-hydrogen) atoms. The first kappa shape index (κ1) is 17.9. The highest BCUT2D eigenvalue weighted by atomic mass is 127. The van der Waals surface area contributed by atoms with Crippen molar-refractivity contribution in [1.29, 1.82) is 0 Å². The molecule has 0 radical (unpaired) electrons. The van der Waals surface area contributed by atoms with Crippen LogP contribution in [0.25, 0.3) is 0 Å². The Morgan fingerprint density at radius 3 is 1.83 bits per heavy atom. The van der Waals surface area contributed by atoms with E-state index in [9.17, 15) is 0 Å². The number of hydrogen-bond acceptors (Lipinski definition) is 2. The molecular formula is C20H18INS2. The van der Waals surface area contributed by atoms with Gasteiger partial charge in [-0.25, -0.2) is 0 Å². The highest BCUT2D eigenvalue weighted by molar-refractivity contribution is 8.03. The van der Waals surface area contributed by atoms with Crippen LogP contribution < -0.4 is 24.0 Å². The van der Waals surface area contributed by atoms with Crippen LogP contribution >= 0.6 is 11.8 Å². The maximum absolute atomic E-state index is 2.48. The third-order valence-corrected chi connectivity index (χ3v) is 7.60. The molecule has 0 N–H and O–H groups in total. The fraction of sp³-hybridized carbons (Fsp3) is 0.100. The standard InChI is InChI=1S/C20H18NS2.HI/c1-21(15-16-9-3-2-4-10-16)23-19-13-7-5-11-17(19)22-18-12-6-8-14-20(18)23;/h2-14H,15H2,1H3;1H/q+1;/p-1. The van der Waals surface area contributed by atoms with Gasteiger partial charge in [-0.1, -0.05) is 66.4 Å². The highest BCUT2D eigenvalue weighted by Gasteiger charge is 2.39. The number of halogens is 1. The molecule has 0 saturated carbocycles. The number of benzene rings is 3. The lowest BCUT2D eigenvalue weighted by atomic mass is 10.2. The van der Waals surface area contributed by atoms with Crippen molar-refractivity contribution in [3.63, 3.8) is 0 Å². The monoisotopic (exact) mass is 463 g/mol. The summed E-state index contributed by atoms with van der Waals surface area (Å²) in [6.45, 7) is 0.956. The van der Waals surface area contributed by atoms with E-state index < -0.39 is 0 Å². The van der Waals surface area contributed by atoms with E-state index in [0.717, 1.165) is 6.54 Å². The van der Waals surface area contributed by atoms with E-state index in [4.69, 9.17) is 0 Å². The molecule has 0 amide bonds. The smallest absolute Gasteiger partial charge is 0.196 e. The molecule has 3 aromatic rings. The van der Waals surface area contributed by atoms with Gasteiger partial charge in [0.2, 0.25) is 0 Å². The van der Waals surface area contributed by atoms with Crippen LogP contribution in [0.1, 0.15) is 5.56 Å². The lowest BCUT2D eigenvalue weighted by Crippen LogP contribution is -3.00. The molecule has 0 bridgehead atoms. The van der Waals surface area contributed by atoms with Crippen LogP contribution in [0.2, 0.25) is 0 Å². The summed E-state index contributed by atoms with van der Waals surface area (Å²) in [6.07, 6.45) is 0. The van der Waals surface area contributed by atoms with Gasteiger partial charge in [0.15, 0.2) is 20.9 Å². The van der Waals surface area contributed by atoms with E-state index in [1.54, 1.807) is 0 Å². The van der Waals surface area contributed by atoms with Crippen LogP contribution in [0.3, 0.4) is 0 Å². The van der Waals surface area contributed by atoms with Crippen molar-refractivity contribution in [1.82, 2.24) is 4.31 Å². The molecule has 0 atom stereocenters. The molecule has 3 aromatic carbocycles. The Morgan fingerprint density at radius 1 is 0.750 bits per heavy atom. The molecule has 0 spiro atoms. The fourth-order valence-corrected chi connectivity index (χ4v) is 6.58. The Morgan fingerprint density at radius 2 is 1.25 bits per heavy atom. The van der Waals surface area contributed by atoms with Gasteiger partial charge in [0.05, 0.1) is 16.3 Å². The van der Waals surface area contributed by atoms with Crippen LogP contribution in [-0.4, -0.2) is 11.4 Å². The van der Waals surface area contributed by atoms with Crippen LogP contribution in [0.5, 0.6) is 0 Å². The molecule has 0 unspecified atom stereocenters. The summed E-state index contributed by atoms with van der Waals surface area (Å²) in [6, 6.07) is 28.4. The second-order valence-corrected chi connectivity index (χ2v) is 8.71. The zero-order valence-electron chi connectivity index (χ0n) is 13.4. The quantitative estimate of drug-likeness (QED) is 0.433. The van der Waals surface area contributed by atoms with E-state index in [2.05, 4.69) is 90.2 Å². The van der Waals surface area contributed by atoms with E-state index in [1.807, 2.05) is 11.8 Å². The number of fused-ring (bicyclic) bond motifs is 2. The Labute approximate surface area is 168 Å². The predicted molar refractivity (Wildman–Crippen MR) is 98.8 cm³/mol. The van der Waals surface area contributed by atoms with Gasteiger partial charge in [0.1, 0.15) is 0 Å². The minimum atomic E-state index is -0.0273. The van der Waals surface area contributed by atoms with Crippen molar-refractivity contribution in [2.45, 2.75) is 26.1 Å². The SMILES string of the molecule is CN(Cc1ccccc1)[S+]1c2ccccc2Sc2ccccc21.[I-]. The van der Waals surface area contributed by atoms with Gasteiger partial charge in [-0.2, -0.15) is 0 Å². The summed E-state index contributed by atoms with van der Waals surface area (Å²) in [5.74, 6) is 0. The minimum Gasteiger partial charge on any atom is -1.00 e. The summed E-state index contributed by atoms with van der Waals surface area (Å²) in [4.78, 5) is 5.65. The molecule has 0 fully saturated rings. The predicted octanol–water partition coefficient (Wildman–Crippen LogP) is 2.24. The fourth-order valence-electron chi connectivity index (χ4n) is 2.87. The second kappa shape index (κ2) is 7.95. The van der Waals surface area contributed by atoms with Crippen molar-refractivity contribution in [3.05, 3.63) is 84.4 Å². The minimum absolute atomic E-state index is 0. The Kier molecular flexibility index (Phi) is 5.92. The highest BCUT2D eigenvalue weighted by Crippen LogP contribution is 2.46. The van der Waals surface area contributed by atoms with Gasteiger partial charge in [-0.3, -0.25) is 0 Å². The van der Waals surface area contributed by atoms with Crippen LogP contribution in [0, 0.1) is 0 Å². The summed E-state index contributed by atoms with van der Waals surface area (Å²) in [5.41, 5.74) is 1.36. The lowest BCUT2D eigenvalue weighted by molar-refractivity contribution is -0.00000450. The normalized spacial score (nSPS) is 13.1. The van der Waals surface area contributed by atoms with Gasteiger partial charge in [-0.05, 0) is 29.8 Å². The second-order valence-electron chi connectivity index (χ2n) is 5.55. The van der Waals surface area contributed by atoms with Gasteiger partial charge in [-0.15, -0.1) is 4.31 Å². The van der Waals surface area contributed by atoms with Gasteiger partial charge < -0.3 is 24.0 Å². The summed E-state index contributed by atoms with van der Waals surface area (Å²) in [5, 5.41) is 0. The van der Waals surface area contributed by atoms with Crippen molar-refractivity contribution in [2.75, 3.05) is 7.05 Å². The van der Waals surface area contributed by atoms with Crippen LogP contribution in [0.4, 0.5) is 0 Å². The molecule has 1 aliphatic rings. The van der Waals surface area contributed by atoms with Crippen LogP contribution in [-0.2, 0) is 17.6 Å². The molecule has 1 aliphatic heterocycles. The molecule has 0 aliphatic carbocycles. The largest absolute Gasteiger partial charge is 1.00 e. The maximum Gasteiger partial charge on any atom is 0.196 e. The molecule has 1 heterocycles. The first-order valence-electron chi connectivity index (χ1n) is 7.68. The van der Waals surface area contributed by atoms with E-state index in [1.165, 1.54) is 25.1 Å². The Bertz CT molecular complexity index is 777. The van der Waals surface area contributed by atoms with E-state index in [-0.39, 0.29) is 35.1 Å². The van der Waals surface area contributed by atoms with E-state index in [0.29, 0.717) is 0 Å². The molecule has 1 nitrogen and oxygen atoms in total. The van der Waals surface area contributed by atoms with E-state index >= 15 is 0 Å². The van der Waals surface area contributed by atoms with Gasteiger partial charge in [0.25, 0.3) is 0 Å². The summed E-state index contributed by atoms with van der Waals surface area (Å²) < 4.78 is 2.48. The zero-order chi connectivity index (χ0) is 15.6. The van der Waals surface area contributed by atoms with Crippen molar-refractivity contribution in [2.24, 2.45) is 0 Å². The number of nitrogens with zero attached hydrogens (tertiary/aromatic N) is 1. The van der Waals surface area contributed by atoms with Gasteiger partial charge in [0, 0.05) is 7.05 Å². The van der Waals surface area contributed by atoms with Crippen molar-refractivity contribution in [3.8, 4) is 0 Å². The third kappa shape index (κ3) is 3.52. The molecular weight excluding hydrogens is 445 g/mol.